The first-order valence-electron chi connectivity index (χ1n) is 5.64. The van der Waals surface area contributed by atoms with E-state index in [4.69, 9.17) is 0 Å². The van der Waals surface area contributed by atoms with Crippen LogP contribution in [0.1, 0.15) is 18.4 Å². The molecule has 5 heteroatoms. The Labute approximate surface area is 112 Å². The quantitative estimate of drug-likeness (QED) is 0.646. The maximum Gasteiger partial charge on any atom is 0.235 e. The van der Waals surface area contributed by atoms with Crippen LogP contribution in [-0.2, 0) is 10.3 Å². The number of hydrogen-bond acceptors (Lipinski definition) is 3. The molecule has 3 rings (SSSR count). The number of benzene rings is 1. The Balaban J connectivity index is 2.02. The molecule has 1 heterocycles. The molecule has 0 bridgehead atoms. The third-order valence-electron chi connectivity index (χ3n) is 3.22. The van der Waals surface area contributed by atoms with Crippen LogP contribution in [0.15, 0.2) is 46.1 Å². The van der Waals surface area contributed by atoms with Gasteiger partial charge >= 0.3 is 0 Å². The van der Waals surface area contributed by atoms with Crippen molar-refractivity contribution in [2.24, 2.45) is 4.99 Å². The molecule has 0 atom stereocenters. The molecule has 1 aromatic carbocycles. The summed E-state index contributed by atoms with van der Waals surface area (Å²) < 4.78 is 2.73. The predicted molar refractivity (Wildman–Crippen MR) is 70.3 cm³/mol. The van der Waals surface area contributed by atoms with Crippen molar-refractivity contribution >= 4 is 22.0 Å². The molecule has 4 nitrogen and oxygen atoms in total. The average Bonchev–Trinajstić information content (AvgIpc) is 2.95. The molecule has 0 amide bonds. The van der Waals surface area contributed by atoms with Crippen LogP contribution in [0.25, 0.3) is 5.69 Å². The van der Waals surface area contributed by atoms with Crippen molar-refractivity contribution < 1.29 is 4.79 Å². The standard InChI is InChI=1S/C13H10BrN3O/c14-11-8-10(13(4-5-13)15-9-18)2-3-12(11)17-7-1-6-16-17/h1-3,6-8H,4-5H2. The van der Waals surface area contributed by atoms with Gasteiger partial charge in [0.05, 0.1) is 11.2 Å². The Morgan fingerprint density at radius 3 is 2.83 bits per heavy atom. The van der Waals surface area contributed by atoms with Crippen LogP contribution in [0, 0.1) is 0 Å². The average molecular weight is 304 g/mol. The van der Waals surface area contributed by atoms with Gasteiger partial charge in [-0.1, -0.05) is 6.07 Å². The molecular weight excluding hydrogens is 294 g/mol. The molecule has 90 valence electrons. The summed E-state index contributed by atoms with van der Waals surface area (Å²) in [5, 5.41) is 4.19. The highest BCUT2D eigenvalue weighted by molar-refractivity contribution is 9.10. The van der Waals surface area contributed by atoms with Crippen LogP contribution in [0.4, 0.5) is 0 Å². The zero-order valence-corrected chi connectivity index (χ0v) is 11.1. The fraction of sp³-hybridized carbons (Fsp3) is 0.231. The number of hydrogen-bond donors (Lipinski definition) is 0. The Morgan fingerprint density at radius 1 is 1.44 bits per heavy atom. The van der Waals surface area contributed by atoms with Gasteiger partial charge in [0.25, 0.3) is 0 Å². The summed E-state index contributed by atoms with van der Waals surface area (Å²) in [6.45, 7) is 0. The van der Waals surface area contributed by atoms with Crippen LogP contribution in [-0.4, -0.2) is 15.9 Å². The van der Waals surface area contributed by atoms with E-state index in [0.29, 0.717) is 0 Å². The minimum Gasteiger partial charge on any atom is -0.240 e. The van der Waals surface area contributed by atoms with Gasteiger partial charge in [-0.25, -0.2) is 9.48 Å². The summed E-state index contributed by atoms with van der Waals surface area (Å²) in [5.41, 5.74) is 1.69. The van der Waals surface area contributed by atoms with Gasteiger partial charge in [-0.05, 0) is 52.5 Å². The lowest BCUT2D eigenvalue weighted by Crippen LogP contribution is -2.04. The Hall–Kier alpha value is -1.71. The molecule has 2 aromatic rings. The lowest BCUT2D eigenvalue weighted by molar-refractivity contribution is 0.556. The molecule has 1 aliphatic rings. The van der Waals surface area contributed by atoms with Gasteiger partial charge in [-0.15, -0.1) is 0 Å². The first-order chi connectivity index (χ1) is 8.75. The van der Waals surface area contributed by atoms with E-state index in [9.17, 15) is 4.79 Å². The summed E-state index contributed by atoms with van der Waals surface area (Å²) in [4.78, 5) is 14.4. The number of carbonyl (C=O) groups excluding carboxylic acids is 1. The van der Waals surface area contributed by atoms with E-state index < -0.39 is 0 Å². The number of isocyanates is 1. The first-order valence-corrected chi connectivity index (χ1v) is 6.44. The fourth-order valence-corrected chi connectivity index (χ4v) is 2.62. The molecule has 1 saturated carbocycles. The van der Waals surface area contributed by atoms with Crippen molar-refractivity contribution in [1.82, 2.24) is 9.78 Å². The van der Waals surface area contributed by atoms with Crippen LogP contribution >= 0.6 is 15.9 Å². The normalized spacial score (nSPS) is 16.1. The Kier molecular flexibility index (Phi) is 2.65. The van der Waals surface area contributed by atoms with E-state index in [1.165, 1.54) is 0 Å². The van der Waals surface area contributed by atoms with Crippen molar-refractivity contribution in [3.05, 3.63) is 46.7 Å². The van der Waals surface area contributed by atoms with E-state index in [-0.39, 0.29) is 5.54 Å². The zero-order chi connectivity index (χ0) is 12.6. The minimum atomic E-state index is -0.326. The van der Waals surface area contributed by atoms with Crippen molar-refractivity contribution in [2.45, 2.75) is 18.4 Å². The van der Waals surface area contributed by atoms with Gasteiger partial charge < -0.3 is 0 Å². The summed E-state index contributed by atoms with van der Waals surface area (Å²) in [5.74, 6) is 0. The van der Waals surface area contributed by atoms with Crippen molar-refractivity contribution in [1.29, 1.82) is 0 Å². The molecule has 1 aliphatic carbocycles. The van der Waals surface area contributed by atoms with E-state index >= 15 is 0 Å². The van der Waals surface area contributed by atoms with Crippen LogP contribution < -0.4 is 0 Å². The molecule has 0 saturated heterocycles. The van der Waals surface area contributed by atoms with Crippen LogP contribution in [0.2, 0.25) is 0 Å². The second-order valence-corrected chi connectivity index (χ2v) is 5.21. The zero-order valence-electron chi connectivity index (χ0n) is 9.51. The first kappa shape index (κ1) is 11.4. The summed E-state index contributed by atoms with van der Waals surface area (Å²) in [6.07, 6.45) is 7.12. The molecule has 0 unspecified atom stereocenters. The molecule has 18 heavy (non-hydrogen) atoms. The van der Waals surface area contributed by atoms with Crippen LogP contribution in [0.5, 0.6) is 0 Å². The molecule has 0 spiro atoms. The molecule has 0 radical (unpaired) electrons. The summed E-state index contributed by atoms with van der Waals surface area (Å²) in [6, 6.07) is 7.85. The number of nitrogens with zero attached hydrogens (tertiary/aromatic N) is 3. The molecule has 1 fully saturated rings. The molecule has 1 aromatic heterocycles. The third-order valence-corrected chi connectivity index (χ3v) is 3.85. The second-order valence-electron chi connectivity index (χ2n) is 4.35. The monoisotopic (exact) mass is 303 g/mol. The van der Waals surface area contributed by atoms with Gasteiger partial charge in [0.1, 0.15) is 0 Å². The van der Waals surface area contributed by atoms with E-state index in [0.717, 1.165) is 28.6 Å². The molecule has 0 N–H and O–H groups in total. The number of aromatic nitrogens is 2. The van der Waals surface area contributed by atoms with Gasteiger partial charge in [0.2, 0.25) is 6.08 Å². The maximum absolute atomic E-state index is 10.5. The van der Waals surface area contributed by atoms with Crippen molar-refractivity contribution in [3.63, 3.8) is 0 Å². The second kappa shape index (κ2) is 4.19. The largest absolute Gasteiger partial charge is 0.240 e. The topological polar surface area (TPSA) is 47.2 Å². The van der Waals surface area contributed by atoms with Crippen LogP contribution in [0.3, 0.4) is 0 Å². The minimum absolute atomic E-state index is 0.326. The SMILES string of the molecule is O=C=NC1(c2ccc(-n3cccn3)c(Br)c2)CC1. The fourth-order valence-electron chi connectivity index (χ4n) is 2.06. The number of rotatable bonds is 3. The van der Waals surface area contributed by atoms with E-state index in [1.54, 1.807) is 17.0 Å². The van der Waals surface area contributed by atoms with Crippen molar-refractivity contribution in [3.8, 4) is 5.69 Å². The summed E-state index contributed by atoms with van der Waals surface area (Å²) in [7, 11) is 0. The number of aliphatic imine (C=N–C) groups is 1. The van der Waals surface area contributed by atoms with E-state index in [2.05, 4.69) is 26.0 Å². The lowest BCUT2D eigenvalue weighted by atomic mass is 10.1. The summed E-state index contributed by atoms with van der Waals surface area (Å²) >= 11 is 3.54. The highest BCUT2D eigenvalue weighted by atomic mass is 79.9. The van der Waals surface area contributed by atoms with Gasteiger partial charge in [0.15, 0.2) is 0 Å². The third kappa shape index (κ3) is 1.82. The van der Waals surface area contributed by atoms with Gasteiger partial charge in [0, 0.05) is 16.9 Å². The molecule has 0 aliphatic heterocycles. The predicted octanol–water partition coefficient (Wildman–Crippen LogP) is 2.96. The lowest BCUT2D eigenvalue weighted by Gasteiger charge is -2.11. The van der Waals surface area contributed by atoms with Gasteiger partial charge in [-0.3, -0.25) is 0 Å². The van der Waals surface area contributed by atoms with Crippen molar-refractivity contribution in [2.75, 3.05) is 0 Å². The molecular formula is C13H10BrN3O. The Bertz CT molecular complexity index is 626. The smallest absolute Gasteiger partial charge is 0.235 e. The van der Waals surface area contributed by atoms with Gasteiger partial charge in [-0.2, -0.15) is 10.1 Å². The van der Waals surface area contributed by atoms with E-state index in [1.807, 2.05) is 30.5 Å². The highest BCUT2D eigenvalue weighted by Crippen LogP contribution is 2.49. The Morgan fingerprint density at radius 2 is 2.28 bits per heavy atom. The maximum atomic E-state index is 10.5. The highest BCUT2D eigenvalue weighted by Gasteiger charge is 2.44. The number of halogens is 1.